The van der Waals surface area contributed by atoms with Crippen LogP contribution in [-0.2, 0) is 13.0 Å². The Kier molecular flexibility index (Phi) is 3.40. The van der Waals surface area contributed by atoms with Gasteiger partial charge in [-0.25, -0.2) is 0 Å². The lowest BCUT2D eigenvalue weighted by Crippen LogP contribution is -2.19. The summed E-state index contributed by atoms with van der Waals surface area (Å²) in [5.41, 5.74) is 3.65. The fraction of sp³-hybridized carbons (Fsp3) is 0.357. The minimum atomic E-state index is 0.00490. The molecule has 1 atom stereocenters. The molecule has 0 fully saturated rings. The number of aromatic amines is 1. The number of hydrogen-bond acceptors (Lipinski definition) is 4. The van der Waals surface area contributed by atoms with Gasteiger partial charge in [-0.2, -0.15) is 0 Å². The molecular weight excluding hydrogens is 260 g/mol. The molecule has 1 heterocycles. The zero-order valence-electron chi connectivity index (χ0n) is 10.7. The number of rotatable bonds is 4. The predicted octanol–water partition coefficient (Wildman–Crippen LogP) is 2.22. The molecular formula is C14H16N2O2S. The largest absolute Gasteiger partial charge is 0.497 e. The number of benzene rings is 1. The third kappa shape index (κ3) is 2.57. The summed E-state index contributed by atoms with van der Waals surface area (Å²) < 4.78 is 5.28. The highest BCUT2D eigenvalue weighted by atomic mass is 32.1. The van der Waals surface area contributed by atoms with Gasteiger partial charge in [-0.3, -0.25) is 4.79 Å². The van der Waals surface area contributed by atoms with Crippen LogP contribution in [0.1, 0.15) is 29.3 Å². The molecule has 19 heavy (non-hydrogen) atoms. The molecule has 2 aromatic rings. The van der Waals surface area contributed by atoms with Crippen molar-refractivity contribution >= 4 is 11.3 Å². The Morgan fingerprint density at radius 1 is 1.53 bits per heavy atom. The van der Waals surface area contributed by atoms with Crippen molar-refractivity contribution in [1.82, 2.24) is 10.3 Å². The van der Waals surface area contributed by atoms with Crippen LogP contribution in [0.2, 0.25) is 0 Å². The number of fused-ring (bicyclic) bond motifs is 1. The van der Waals surface area contributed by atoms with Gasteiger partial charge in [-0.15, -0.1) is 0 Å². The van der Waals surface area contributed by atoms with E-state index >= 15 is 0 Å². The smallest absolute Gasteiger partial charge is 0.304 e. The van der Waals surface area contributed by atoms with E-state index in [1.165, 1.54) is 22.5 Å². The van der Waals surface area contributed by atoms with Gasteiger partial charge in [0.15, 0.2) is 0 Å². The second kappa shape index (κ2) is 5.19. The van der Waals surface area contributed by atoms with Crippen LogP contribution in [0.3, 0.4) is 0 Å². The van der Waals surface area contributed by atoms with Gasteiger partial charge in [0.2, 0.25) is 0 Å². The Balaban J connectivity index is 1.73. The van der Waals surface area contributed by atoms with Crippen LogP contribution in [0.5, 0.6) is 5.75 Å². The lowest BCUT2D eigenvalue weighted by molar-refractivity contribution is 0.413. The zero-order chi connectivity index (χ0) is 13.2. The summed E-state index contributed by atoms with van der Waals surface area (Å²) in [6, 6.07) is 6.60. The fourth-order valence-electron chi connectivity index (χ4n) is 2.55. The molecule has 3 rings (SSSR count). The number of ether oxygens (including phenoxy) is 1. The van der Waals surface area contributed by atoms with E-state index in [1.54, 1.807) is 7.11 Å². The van der Waals surface area contributed by atoms with E-state index in [0.717, 1.165) is 24.3 Å². The number of H-pyrrole nitrogens is 1. The lowest BCUT2D eigenvalue weighted by atomic mass is 10.1. The van der Waals surface area contributed by atoms with Crippen LogP contribution < -0.4 is 14.9 Å². The van der Waals surface area contributed by atoms with Crippen molar-refractivity contribution in [3.8, 4) is 5.75 Å². The van der Waals surface area contributed by atoms with Crippen LogP contribution in [0.15, 0.2) is 28.4 Å². The molecule has 0 bridgehead atoms. The Morgan fingerprint density at radius 2 is 2.42 bits per heavy atom. The topological polar surface area (TPSA) is 54.1 Å². The summed E-state index contributed by atoms with van der Waals surface area (Å²) in [4.78, 5) is 13.9. The van der Waals surface area contributed by atoms with Gasteiger partial charge >= 0.3 is 4.87 Å². The molecule has 1 aliphatic rings. The quantitative estimate of drug-likeness (QED) is 0.900. The van der Waals surface area contributed by atoms with E-state index in [1.807, 2.05) is 11.4 Å². The average molecular weight is 276 g/mol. The molecule has 1 unspecified atom stereocenters. The first kappa shape index (κ1) is 12.4. The van der Waals surface area contributed by atoms with Gasteiger partial charge in [0, 0.05) is 23.7 Å². The standard InChI is InChI=1S/C14H16N2O2S/c1-18-11-4-2-9-3-5-13(12(9)6-11)15-7-10-8-19-14(17)16-10/h2,4,6,8,13,15H,3,5,7H2,1H3,(H,16,17). The van der Waals surface area contributed by atoms with Gasteiger partial charge in [0.05, 0.1) is 7.11 Å². The Morgan fingerprint density at radius 3 is 3.16 bits per heavy atom. The Labute approximate surface area is 115 Å². The highest BCUT2D eigenvalue weighted by Crippen LogP contribution is 2.33. The SMILES string of the molecule is COc1ccc2c(c1)C(NCc1csc(=O)[nH]1)CC2. The molecule has 1 aliphatic carbocycles. The van der Waals surface area contributed by atoms with Crippen molar-refractivity contribution in [2.24, 2.45) is 0 Å². The summed E-state index contributed by atoms with van der Waals surface area (Å²) in [5.74, 6) is 0.899. The normalized spacial score (nSPS) is 17.4. The minimum Gasteiger partial charge on any atom is -0.497 e. The van der Waals surface area contributed by atoms with Gasteiger partial charge in [0.25, 0.3) is 0 Å². The summed E-state index contributed by atoms with van der Waals surface area (Å²) in [6.07, 6.45) is 2.19. The maximum atomic E-state index is 11.1. The molecule has 0 radical (unpaired) electrons. The molecule has 0 amide bonds. The second-order valence-corrected chi connectivity index (χ2v) is 5.55. The molecule has 2 N–H and O–H groups in total. The average Bonchev–Trinajstić information content (AvgIpc) is 3.02. The van der Waals surface area contributed by atoms with Crippen LogP contribution in [0.4, 0.5) is 0 Å². The van der Waals surface area contributed by atoms with Crippen LogP contribution >= 0.6 is 11.3 Å². The summed E-state index contributed by atoms with van der Waals surface area (Å²) in [5, 5.41) is 5.37. The molecule has 1 aromatic heterocycles. The first-order valence-corrected chi connectivity index (χ1v) is 7.21. The molecule has 4 nitrogen and oxygen atoms in total. The molecule has 0 spiro atoms. The van der Waals surface area contributed by atoms with E-state index in [4.69, 9.17) is 4.74 Å². The number of methoxy groups -OCH3 is 1. The van der Waals surface area contributed by atoms with E-state index in [-0.39, 0.29) is 4.87 Å². The molecule has 1 aromatic carbocycles. The van der Waals surface area contributed by atoms with E-state index in [0.29, 0.717) is 12.6 Å². The Hall–Kier alpha value is -1.59. The van der Waals surface area contributed by atoms with Crippen molar-refractivity contribution < 1.29 is 4.74 Å². The number of aryl methyl sites for hydroxylation is 1. The van der Waals surface area contributed by atoms with Crippen LogP contribution in [0, 0.1) is 0 Å². The van der Waals surface area contributed by atoms with Crippen molar-refractivity contribution in [1.29, 1.82) is 0 Å². The molecule has 5 heteroatoms. The van der Waals surface area contributed by atoms with Crippen molar-refractivity contribution in [3.63, 3.8) is 0 Å². The monoisotopic (exact) mass is 276 g/mol. The van der Waals surface area contributed by atoms with Crippen molar-refractivity contribution in [2.45, 2.75) is 25.4 Å². The maximum absolute atomic E-state index is 11.1. The molecule has 0 saturated heterocycles. The number of aromatic nitrogens is 1. The highest BCUT2D eigenvalue weighted by Gasteiger charge is 2.22. The van der Waals surface area contributed by atoms with Crippen molar-refractivity contribution in [2.75, 3.05) is 7.11 Å². The van der Waals surface area contributed by atoms with Crippen molar-refractivity contribution in [3.05, 3.63) is 50.1 Å². The molecule has 0 saturated carbocycles. The van der Waals surface area contributed by atoms with Gasteiger partial charge in [-0.1, -0.05) is 17.4 Å². The predicted molar refractivity (Wildman–Crippen MR) is 75.8 cm³/mol. The number of thiazole rings is 1. The first-order chi connectivity index (χ1) is 9.26. The van der Waals surface area contributed by atoms with Gasteiger partial charge < -0.3 is 15.0 Å². The fourth-order valence-corrected chi connectivity index (χ4v) is 3.13. The van der Waals surface area contributed by atoms with Gasteiger partial charge in [0.1, 0.15) is 5.75 Å². The van der Waals surface area contributed by atoms with Crippen LogP contribution in [0.25, 0.3) is 0 Å². The number of nitrogens with one attached hydrogen (secondary N) is 2. The van der Waals surface area contributed by atoms with E-state index in [9.17, 15) is 4.79 Å². The highest BCUT2D eigenvalue weighted by molar-refractivity contribution is 7.07. The van der Waals surface area contributed by atoms with Crippen LogP contribution in [-0.4, -0.2) is 12.1 Å². The maximum Gasteiger partial charge on any atom is 0.304 e. The van der Waals surface area contributed by atoms with E-state index < -0.39 is 0 Å². The summed E-state index contributed by atoms with van der Waals surface area (Å²) >= 11 is 1.21. The second-order valence-electron chi connectivity index (χ2n) is 4.71. The lowest BCUT2D eigenvalue weighted by Gasteiger charge is -2.14. The molecule has 100 valence electrons. The van der Waals surface area contributed by atoms with Gasteiger partial charge in [-0.05, 0) is 36.1 Å². The zero-order valence-corrected chi connectivity index (χ0v) is 11.5. The Bertz CT molecular complexity index is 632. The minimum absolute atomic E-state index is 0.00490. The third-order valence-electron chi connectivity index (χ3n) is 3.54. The molecule has 0 aliphatic heterocycles. The number of hydrogen-bond donors (Lipinski definition) is 2. The first-order valence-electron chi connectivity index (χ1n) is 6.33. The third-order valence-corrected chi connectivity index (χ3v) is 4.26. The van der Waals surface area contributed by atoms with E-state index in [2.05, 4.69) is 22.4 Å². The summed E-state index contributed by atoms with van der Waals surface area (Å²) in [6.45, 7) is 0.695. The summed E-state index contributed by atoms with van der Waals surface area (Å²) in [7, 11) is 1.69.